The molecule has 1 aliphatic carbocycles. The van der Waals surface area contributed by atoms with E-state index in [0.717, 1.165) is 25.5 Å². The predicted octanol–water partition coefficient (Wildman–Crippen LogP) is 1.31. The number of anilines is 1. The lowest BCUT2D eigenvalue weighted by molar-refractivity contribution is -0.131. The van der Waals surface area contributed by atoms with Gasteiger partial charge in [-0.2, -0.15) is 0 Å². The Balaban J connectivity index is 1.22. The van der Waals surface area contributed by atoms with Crippen LogP contribution in [-0.4, -0.2) is 70.2 Å². The first-order chi connectivity index (χ1) is 15.3. The highest BCUT2D eigenvalue weighted by Gasteiger charge is 2.52. The third kappa shape index (κ3) is 4.69. The second-order valence-corrected chi connectivity index (χ2v) is 9.14. The van der Waals surface area contributed by atoms with Crippen LogP contribution in [0.1, 0.15) is 51.4 Å². The van der Waals surface area contributed by atoms with Crippen LogP contribution in [0.2, 0.25) is 0 Å². The number of nitrogens with zero attached hydrogens (tertiary/aromatic N) is 3. The lowest BCUT2D eigenvalue weighted by atomic mass is 9.92. The highest BCUT2D eigenvalue weighted by Crippen LogP contribution is 2.35. The molecule has 3 N–H and O–H groups in total. The van der Waals surface area contributed by atoms with Crippen molar-refractivity contribution in [1.82, 2.24) is 20.5 Å². The van der Waals surface area contributed by atoms with E-state index in [4.69, 9.17) is 0 Å². The third-order valence-corrected chi connectivity index (χ3v) is 6.69. The number of hydrogen-bond acceptors (Lipinski definition) is 6. The van der Waals surface area contributed by atoms with Gasteiger partial charge >= 0.3 is 6.03 Å². The second kappa shape index (κ2) is 9.01. The maximum atomic E-state index is 13.1. The second-order valence-electron chi connectivity index (χ2n) is 9.14. The number of carbonyl (C=O) groups excluding carboxylic acids is 3. The van der Waals surface area contributed by atoms with Gasteiger partial charge in [-0.3, -0.25) is 14.5 Å². The van der Waals surface area contributed by atoms with Gasteiger partial charge in [-0.1, -0.05) is 12.8 Å². The maximum Gasteiger partial charge on any atom is 0.325 e. The number of imide groups is 1. The van der Waals surface area contributed by atoms with E-state index in [1.165, 1.54) is 11.0 Å². The van der Waals surface area contributed by atoms with Crippen molar-refractivity contribution < 1.29 is 23.9 Å². The van der Waals surface area contributed by atoms with Crippen molar-refractivity contribution in [2.24, 2.45) is 0 Å². The van der Waals surface area contributed by atoms with E-state index in [-0.39, 0.29) is 43.9 Å². The van der Waals surface area contributed by atoms with Crippen molar-refractivity contribution in [3.63, 3.8) is 0 Å². The Kier molecular flexibility index (Phi) is 6.32. The maximum absolute atomic E-state index is 13.1. The summed E-state index contributed by atoms with van der Waals surface area (Å²) in [5.74, 6) is -0.242. The molecule has 1 spiro atoms. The Morgan fingerprint density at radius 3 is 2.72 bits per heavy atom. The van der Waals surface area contributed by atoms with Crippen LogP contribution < -0.4 is 15.5 Å². The van der Waals surface area contributed by atoms with Crippen LogP contribution in [0.4, 0.5) is 15.0 Å². The highest BCUT2D eigenvalue weighted by molar-refractivity contribution is 6.07. The van der Waals surface area contributed by atoms with Gasteiger partial charge in [0.25, 0.3) is 5.91 Å². The zero-order valence-corrected chi connectivity index (χ0v) is 18.1. The molecule has 174 valence electrons. The van der Waals surface area contributed by atoms with E-state index in [1.54, 1.807) is 6.07 Å². The van der Waals surface area contributed by atoms with Gasteiger partial charge in [0.15, 0.2) is 0 Å². The Morgan fingerprint density at radius 2 is 2.00 bits per heavy atom. The summed E-state index contributed by atoms with van der Waals surface area (Å²) in [7, 11) is 0. The Morgan fingerprint density at radius 1 is 1.22 bits per heavy atom. The molecule has 32 heavy (non-hydrogen) atoms. The largest absolute Gasteiger partial charge is 0.386 e. The molecule has 1 unspecified atom stereocenters. The normalized spacial score (nSPS) is 24.8. The van der Waals surface area contributed by atoms with Gasteiger partial charge in [-0.05, 0) is 44.2 Å². The van der Waals surface area contributed by atoms with Crippen molar-refractivity contribution in [1.29, 1.82) is 0 Å². The first-order valence-corrected chi connectivity index (χ1v) is 11.3. The first kappa shape index (κ1) is 22.4. The monoisotopic (exact) mass is 447 g/mol. The number of β-amino-alcohol motifs (C(OH)–C–C–N with tert-alkyl or cyclic N) is 1. The topological polar surface area (TPSA) is 115 Å². The summed E-state index contributed by atoms with van der Waals surface area (Å²) in [6.07, 6.45) is 6.14. The number of pyridine rings is 1. The Labute approximate surface area is 186 Å². The predicted molar refractivity (Wildman–Crippen MR) is 114 cm³/mol. The van der Waals surface area contributed by atoms with Gasteiger partial charge in [0, 0.05) is 32.6 Å². The zero-order chi connectivity index (χ0) is 22.8. The summed E-state index contributed by atoms with van der Waals surface area (Å²) >= 11 is 0. The fourth-order valence-corrected chi connectivity index (χ4v) is 4.95. The quantitative estimate of drug-likeness (QED) is 0.543. The summed E-state index contributed by atoms with van der Waals surface area (Å²) in [6, 6.07) is 2.53. The van der Waals surface area contributed by atoms with Gasteiger partial charge in [-0.15, -0.1) is 0 Å². The van der Waals surface area contributed by atoms with E-state index in [0.29, 0.717) is 38.0 Å². The summed E-state index contributed by atoms with van der Waals surface area (Å²) in [4.78, 5) is 44.3. The number of halogens is 1. The summed E-state index contributed by atoms with van der Waals surface area (Å²) in [5.41, 5.74) is -1.83. The van der Waals surface area contributed by atoms with Crippen LogP contribution in [0, 0.1) is 5.82 Å². The minimum atomic E-state index is -1.11. The molecule has 1 aromatic rings. The van der Waals surface area contributed by atoms with Crippen LogP contribution in [-0.2, 0) is 9.59 Å². The molecule has 3 fully saturated rings. The van der Waals surface area contributed by atoms with Crippen molar-refractivity contribution >= 4 is 23.7 Å². The molecule has 0 aromatic carbocycles. The standard InChI is InChI=1S/C22H30FN5O4/c23-16-6-7-17(24-13-16)27-11-4-8-21(32,15-27)14-25-18(29)5-3-12-28-19(30)22(26-20(28)31)9-1-2-10-22/h6-7,13,32H,1-5,8-12,14-15H2,(H,25,29)(H,26,31). The number of carbonyl (C=O) groups is 3. The molecule has 0 radical (unpaired) electrons. The molecule has 0 bridgehead atoms. The number of nitrogens with one attached hydrogen (secondary N) is 2. The van der Waals surface area contributed by atoms with Crippen molar-refractivity contribution in [3.8, 4) is 0 Å². The van der Waals surface area contributed by atoms with E-state index >= 15 is 0 Å². The molecule has 2 aliphatic heterocycles. The van der Waals surface area contributed by atoms with Crippen molar-refractivity contribution in [3.05, 3.63) is 24.1 Å². The molecular formula is C22H30FN5O4. The fourth-order valence-electron chi connectivity index (χ4n) is 4.95. The molecule has 1 aromatic heterocycles. The number of aromatic nitrogens is 1. The Bertz CT molecular complexity index is 874. The number of amides is 4. The minimum Gasteiger partial charge on any atom is -0.386 e. The number of piperidine rings is 1. The van der Waals surface area contributed by atoms with Crippen LogP contribution in [0.5, 0.6) is 0 Å². The van der Waals surface area contributed by atoms with Crippen molar-refractivity contribution in [2.45, 2.75) is 62.5 Å². The number of urea groups is 1. The molecular weight excluding hydrogens is 417 g/mol. The number of rotatable bonds is 7. The van der Waals surface area contributed by atoms with Gasteiger partial charge in [0.1, 0.15) is 17.2 Å². The Hall–Kier alpha value is -2.75. The van der Waals surface area contributed by atoms with E-state index in [9.17, 15) is 23.9 Å². The average molecular weight is 448 g/mol. The average Bonchev–Trinajstić information content (AvgIpc) is 3.33. The van der Waals surface area contributed by atoms with Gasteiger partial charge < -0.3 is 20.6 Å². The summed E-state index contributed by atoms with van der Waals surface area (Å²) < 4.78 is 13.1. The van der Waals surface area contributed by atoms with Crippen molar-refractivity contribution in [2.75, 3.05) is 31.1 Å². The van der Waals surface area contributed by atoms with Crippen LogP contribution in [0.15, 0.2) is 18.3 Å². The SMILES string of the molecule is O=C(CCCN1C(=O)NC2(CCCC2)C1=O)NCC1(O)CCCN(c2ccc(F)cn2)C1. The molecule has 4 amide bonds. The third-order valence-electron chi connectivity index (χ3n) is 6.69. The van der Waals surface area contributed by atoms with Crippen LogP contribution in [0.25, 0.3) is 0 Å². The summed E-state index contributed by atoms with van der Waals surface area (Å²) in [6.45, 7) is 1.28. The smallest absolute Gasteiger partial charge is 0.325 e. The van der Waals surface area contributed by atoms with Crippen LogP contribution in [0.3, 0.4) is 0 Å². The lowest BCUT2D eigenvalue weighted by Crippen LogP contribution is -2.54. The fraction of sp³-hybridized carbons (Fsp3) is 0.636. The first-order valence-electron chi connectivity index (χ1n) is 11.3. The number of aliphatic hydroxyl groups is 1. The van der Waals surface area contributed by atoms with Gasteiger partial charge in [-0.25, -0.2) is 14.2 Å². The minimum absolute atomic E-state index is 0.0930. The highest BCUT2D eigenvalue weighted by atomic mass is 19.1. The zero-order valence-electron chi connectivity index (χ0n) is 18.1. The van der Waals surface area contributed by atoms with E-state index < -0.39 is 17.0 Å². The van der Waals surface area contributed by atoms with E-state index in [2.05, 4.69) is 15.6 Å². The summed E-state index contributed by atoms with van der Waals surface area (Å²) in [5, 5.41) is 16.5. The van der Waals surface area contributed by atoms with Gasteiger partial charge in [0.05, 0.1) is 11.8 Å². The molecule has 9 nitrogen and oxygen atoms in total. The molecule has 4 rings (SSSR count). The molecule has 2 saturated heterocycles. The molecule has 10 heteroatoms. The number of hydrogen-bond donors (Lipinski definition) is 3. The van der Waals surface area contributed by atoms with E-state index in [1.807, 2.05) is 4.90 Å². The molecule has 3 heterocycles. The molecule has 1 atom stereocenters. The van der Waals surface area contributed by atoms with Crippen LogP contribution >= 0.6 is 0 Å². The molecule has 3 aliphatic rings. The molecule has 1 saturated carbocycles. The van der Waals surface area contributed by atoms with Gasteiger partial charge in [0.2, 0.25) is 5.91 Å². The lowest BCUT2D eigenvalue weighted by Gasteiger charge is -2.39.